The molecule has 0 aliphatic carbocycles. The van der Waals surface area contributed by atoms with Crippen molar-refractivity contribution < 1.29 is 46.0 Å². The van der Waals surface area contributed by atoms with Gasteiger partial charge >= 0.3 is 19.5 Å². The third-order valence-corrected chi connectivity index (χ3v) is 8.93. The Bertz CT molecular complexity index is 1350. The average Bonchev–Trinajstić information content (AvgIpc) is 2.91. The number of carboxylic acid groups (broad SMARTS) is 2. The van der Waals surface area contributed by atoms with Crippen LogP contribution in [0.3, 0.4) is 0 Å². The second kappa shape index (κ2) is 13.6. The van der Waals surface area contributed by atoms with E-state index in [1.54, 1.807) is 67.6 Å². The highest BCUT2D eigenvalue weighted by atomic mass is 32.2. The van der Waals surface area contributed by atoms with Gasteiger partial charge in [0.2, 0.25) is 0 Å². The minimum absolute atomic E-state index is 0.153. The SMILES string of the molecule is Cc1ccc(S(=O)(=O)O[C@@H](C[C@H](CP(=O)(OCc2ccccc2)OCc2ccccc2)C(=O)O)C(=O)O)cc1. The Hall–Kier alpha value is -3.34. The number of carboxylic acids is 2. The van der Waals surface area contributed by atoms with Gasteiger partial charge < -0.3 is 19.3 Å². The Labute approximate surface area is 226 Å². The molecule has 2 N–H and O–H groups in total. The maximum Gasteiger partial charge on any atom is 0.334 e. The van der Waals surface area contributed by atoms with Crippen molar-refractivity contribution >= 4 is 29.7 Å². The van der Waals surface area contributed by atoms with Gasteiger partial charge in [-0.3, -0.25) is 13.5 Å². The molecule has 0 unspecified atom stereocenters. The summed E-state index contributed by atoms with van der Waals surface area (Å²) in [6.07, 6.45) is -3.57. The minimum Gasteiger partial charge on any atom is -0.481 e. The summed E-state index contributed by atoms with van der Waals surface area (Å²) in [5.74, 6) is -4.83. The van der Waals surface area contributed by atoms with Crippen LogP contribution in [0.2, 0.25) is 0 Å². The molecule has 0 aromatic heterocycles. The predicted molar refractivity (Wildman–Crippen MR) is 142 cm³/mol. The topological polar surface area (TPSA) is 154 Å². The first-order valence-electron chi connectivity index (χ1n) is 11.9. The van der Waals surface area contributed by atoms with Crippen LogP contribution in [0.15, 0.2) is 89.8 Å². The fraction of sp³-hybridized carbons (Fsp3) is 0.259. The van der Waals surface area contributed by atoms with Crippen molar-refractivity contribution in [1.29, 1.82) is 0 Å². The van der Waals surface area contributed by atoms with Crippen LogP contribution in [0, 0.1) is 12.8 Å². The summed E-state index contributed by atoms with van der Waals surface area (Å²) in [6.45, 7) is 1.44. The third kappa shape index (κ3) is 9.42. The number of rotatable bonds is 15. The average molecular weight is 577 g/mol. The standard InChI is InChI=1S/C27H29O10PS/c1-20-12-14-24(15-13-20)39(33,34)37-25(27(30)31)16-23(26(28)29)19-38(32,35-17-21-8-4-2-5-9-21)36-18-22-10-6-3-7-11-22/h2-15,23,25H,16-19H2,1H3,(H,28,29)(H,30,31)/t23-,25+/m1/s1. The molecule has 10 nitrogen and oxygen atoms in total. The number of aliphatic carboxylic acids is 2. The van der Waals surface area contributed by atoms with Crippen LogP contribution in [0.5, 0.6) is 0 Å². The number of aryl methyl sites for hydroxylation is 1. The summed E-state index contributed by atoms with van der Waals surface area (Å²) >= 11 is 0. The molecule has 0 aliphatic rings. The van der Waals surface area contributed by atoms with Gasteiger partial charge in [-0.05, 0) is 36.6 Å². The quantitative estimate of drug-likeness (QED) is 0.189. The number of benzene rings is 3. The van der Waals surface area contributed by atoms with Crippen molar-refractivity contribution in [3.8, 4) is 0 Å². The Morgan fingerprint density at radius 2 is 1.28 bits per heavy atom. The summed E-state index contributed by atoms with van der Waals surface area (Å²) in [6, 6.07) is 23.0. The fourth-order valence-corrected chi connectivity index (χ4v) is 6.38. The Balaban J connectivity index is 1.81. The van der Waals surface area contributed by atoms with E-state index in [-0.39, 0.29) is 18.1 Å². The van der Waals surface area contributed by atoms with Crippen LogP contribution in [0.4, 0.5) is 0 Å². The van der Waals surface area contributed by atoms with Crippen LogP contribution in [0.25, 0.3) is 0 Å². The van der Waals surface area contributed by atoms with Crippen molar-refractivity contribution in [2.75, 3.05) is 6.16 Å². The van der Waals surface area contributed by atoms with E-state index in [9.17, 15) is 32.8 Å². The molecule has 2 atom stereocenters. The monoisotopic (exact) mass is 576 g/mol. The lowest BCUT2D eigenvalue weighted by Gasteiger charge is -2.24. The van der Waals surface area contributed by atoms with Crippen LogP contribution in [-0.4, -0.2) is 42.8 Å². The van der Waals surface area contributed by atoms with E-state index in [4.69, 9.17) is 13.2 Å². The van der Waals surface area contributed by atoms with Gasteiger partial charge in [-0.25, -0.2) is 4.79 Å². The van der Waals surface area contributed by atoms with Gasteiger partial charge in [0, 0.05) is 0 Å². The maximum absolute atomic E-state index is 13.8. The van der Waals surface area contributed by atoms with Crippen molar-refractivity contribution in [3.63, 3.8) is 0 Å². The number of carbonyl (C=O) groups is 2. The minimum atomic E-state index is -4.53. The van der Waals surface area contributed by atoms with Gasteiger partial charge in [0.25, 0.3) is 10.1 Å². The van der Waals surface area contributed by atoms with Crippen molar-refractivity contribution in [3.05, 3.63) is 102 Å². The second-order valence-electron chi connectivity index (χ2n) is 8.77. The molecule has 0 heterocycles. The van der Waals surface area contributed by atoms with Crippen molar-refractivity contribution in [1.82, 2.24) is 0 Å². The molecule has 0 aliphatic heterocycles. The van der Waals surface area contributed by atoms with Gasteiger partial charge in [-0.15, -0.1) is 0 Å². The van der Waals surface area contributed by atoms with E-state index >= 15 is 0 Å². The van der Waals surface area contributed by atoms with Crippen molar-refractivity contribution in [2.45, 2.75) is 37.6 Å². The summed E-state index contributed by atoms with van der Waals surface area (Å²) < 4.78 is 55.2. The zero-order valence-corrected chi connectivity index (χ0v) is 22.8. The molecule has 0 radical (unpaired) electrons. The zero-order valence-electron chi connectivity index (χ0n) is 21.1. The fourth-order valence-electron chi connectivity index (χ4n) is 3.51. The lowest BCUT2D eigenvalue weighted by atomic mass is 10.0. The molecule has 0 fully saturated rings. The maximum atomic E-state index is 13.8. The molecule has 0 bridgehead atoms. The molecular weight excluding hydrogens is 547 g/mol. The van der Waals surface area contributed by atoms with Gasteiger partial charge in [-0.1, -0.05) is 78.4 Å². The summed E-state index contributed by atoms with van der Waals surface area (Å²) in [5.41, 5.74) is 2.09. The lowest BCUT2D eigenvalue weighted by Crippen LogP contribution is -2.33. The first-order valence-corrected chi connectivity index (χ1v) is 15.0. The molecule has 0 spiro atoms. The van der Waals surface area contributed by atoms with Crippen LogP contribution in [-0.2, 0) is 50.7 Å². The highest BCUT2D eigenvalue weighted by molar-refractivity contribution is 7.86. The third-order valence-electron chi connectivity index (χ3n) is 5.66. The molecular formula is C27H29O10PS. The molecule has 3 rings (SSSR count). The molecule has 208 valence electrons. The van der Waals surface area contributed by atoms with Gasteiger partial charge in [0.15, 0.2) is 6.10 Å². The largest absolute Gasteiger partial charge is 0.481 e. The molecule has 3 aromatic carbocycles. The van der Waals surface area contributed by atoms with E-state index in [2.05, 4.69) is 0 Å². The van der Waals surface area contributed by atoms with E-state index in [0.29, 0.717) is 11.1 Å². The first kappa shape index (κ1) is 30.2. The van der Waals surface area contributed by atoms with Gasteiger partial charge in [0.05, 0.1) is 30.2 Å². The highest BCUT2D eigenvalue weighted by Crippen LogP contribution is 2.52. The molecule has 0 amide bonds. The predicted octanol–water partition coefficient (Wildman–Crippen LogP) is 4.87. The zero-order chi connectivity index (χ0) is 28.5. The van der Waals surface area contributed by atoms with Gasteiger partial charge in [0.1, 0.15) is 0 Å². The number of hydrogen-bond donors (Lipinski definition) is 2. The normalized spacial score (nSPS) is 13.5. The van der Waals surface area contributed by atoms with Crippen LogP contribution < -0.4 is 0 Å². The Morgan fingerprint density at radius 1 is 0.795 bits per heavy atom. The van der Waals surface area contributed by atoms with E-state index in [0.717, 1.165) is 5.56 Å². The Kier molecular flexibility index (Phi) is 10.6. The van der Waals surface area contributed by atoms with E-state index < -0.39 is 54.3 Å². The summed E-state index contributed by atoms with van der Waals surface area (Å²) in [5, 5.41) is 19.5. The summed E-state index contributed by atoms with van der Waals surface area (Å²) in [7, 11) is -8.67. The van der Waals surface area contributed by atoms with E-state index in [1.807, 2.05) is 0 Å². The Morgan fingerprint density at radius 3 is 1.72 bits per heavy atom. The van der Waals surface area contributed by atoms with Crippen molar-refractivity contribution in [2.24, 2.45) is 5.92 Å². The lowest BCUT2D eigenvalue weighted by molar-refractivity contribution is -0.148. The smallest absolute Gasteiger partial charge is 0.334 e. The van der Waals surface area contributed by atoms with Crippen LogP contribution >= 0.6 is 7.60 Å². The van der Waals surface area contributed by atoms with E-state index in [1.165, 1.54) is 24.3 Å². The highest BCUT2D eigenvalue weighted by Gasteiger charge is 2.38. The molecule has 0 saturated carbocycles. The first-order chi connectivity index (χ1) is 18.5. The van der Waals surface area contributed by atoms with Gasteiger partial charge in [-0.2, -0.15) is 8.42 Å². The molecule has 0 saturated heterocycles. The summed E-state index contributed by atoms with van der Waals surface area (Å²) in [4.78, 5) is 23.7. The molecule has 39 heavy (non-hydrogen) atoms. The van der Waals surface area contributed by atoms with Crippen LogP contribution in [0.1, 0.15) is 23.1 Å². The molecule has 3 aromatic rings. The second-order valence-corrected chi connectivity index (χ2v) is 12.4. The number of hydrogen-bond acceptors (Lipinski definition) is 8. The molecule has 12 heteroatoms.